The highest BCUT2D eigenvalue weighted by Crippen LogP contribution is 2.40. The van der Waals surface area contributed by atoms with Gasteiger partial charge >= 0.3 is 0 Å². The number of benzene rings is 2. The van der Waals surface area contributed by atoms with Crippen molar-refractivity contribution in [3.05, 3.63) is 71.0 Å². The third kappa shape index (κ3) is 7.37. The van der Waals surface area contributed by atoms with Crippen molar-refractivity contribution >= 4 is 21.8 Å². The van der Waals surface area contributed by atoms with E-state index in [2.05, 4.69) is 41.8 Å². The summed E-state index contributed by atoms with van der Waals surface area (Å²) in [5, 5.41) is 6.38. The highest BCUT2D eigenvalue weighted by atomic mass is 32.2. The van der Waals surface area contributed by atoms with Crippen LogP contribution in [0.15, 0.2) is 48.5 Å². The average molecular weight is 531 g/mol. The smallest absolute Gasteiger partial charge is 0.251 e. The number of carbonyl (C=O) groups excluding carboxylic acids is 2. The highest BCUT2D eigenvalue weighted by molar-refractivity contribution is 7.88. The molecule has 1 saturated heterocycles. The Kier molecular flexibility index (Phi) is 8.61. The molecular formula is C27H35FN4O4S. The summed E-state index contributed by atoms with van der Waals surface area (Å²) in [6.07, 6.45) is 3.36. The van der Waals surface area contributed by atoms with Gasteiger partial charge in [-0.05, 0) is 62.6 Å². The first-order valence-corrected chi connectivity index (χ1v) is 14.6. The minimum Gasteiger partial charge on any atom is -0.340 e. The standard InChI is InChI=1S/C27H35FN4O4S/c1-19-5-7-20(8-6-19)23-18-25(23)29-13-3-4-24(30-26(33)21-9-11-22(28)12-10-21)27(34)31-14-16-32(17-15-31)37(2,35)36/h5-12,23-25,29H,3-4,13-18H2,1-2H3,(H,30,33)/t23-,24-,25?/m0/s1. The molecule has 200 valence electrons. The summed E-state index contributed by atoms with van der Waals surface area (Å²) in [4.78, 5) is 27.8. The third-order valence-electron chi connectivity index (χ3n) is 7.10. The van der Waals surface area contributed by atoms with E-state index >= 15 is 0 Å². The molecule has 2 aliphatic rings. The molecule has 1 aliphatic carbocycles. The van der Waals surface area contributed by atoms with E-state index in [1.54, 1.807) is 4.90 Å². The molecule has 3 atom stereocenters. The number of nitrogens with zero attached hydrogens (tertiary/aromatic N) is 2. The van der Waals surface area contributed by atoms with Gasteiger partial charge in [-0.1, -0.05) is 29.8 Å². The van der Waals surface area contributed by atoms with Crippen molar-refractivity contribution in [1.29, 1.82) is 0 Å². The Hall–Kier alpha value is -2.82. The lowest BCUT2D eigenvalue weighted by Crippen LogP contribution is -2.55. The van der Waals surface area contributed by atoms with Crippen molar-refractivity contribution < 1.29 is 22.4 Å². The molecule has 2 fully saturated rings. The summed E-state index contributed by atoms with van der Waals surface area (Å²) >= 11 is 0. The molecule has 0 bridgehead atoms. The molecule has 0 aromatic heterocycles. The number of hydrogen-bond acceptors (Lipinski definition) is 5. The Bertz CT molecular complexity index is 1200. The first kappa shape index (κ1) is 27.2. The number of hydrogen-bond donors (Lipinski definition) is 2. The van der Waals surface area contributed by atoms with Gasteiger partial charge in [-0.25, -0.2) is 12.8 Å². The van der Waals surface area contributed by atoms with Crippen molar-refractivity contribution in [2.45, 2.75) is 44.2 Å². The van der Waals surface area contributed by atoms with Gasteiger partial charge in [0, 0.05) is 43.7 Å². The second kappa shape index (κ2) is 11.7. The third-order valence-corrected chi connectivity index (χ3v) is 8.40. The van der Waals surface area contributed by atoms with Crippen LogP contribution in [0.3, 0.4) is 0 Å². The Morgan fingerprint density at radius 3 is 2.30 bits per heavy atom. The molecule has 8 nitrogen and oxygen atoms in total. The zero-order valence-electron chi connectivity index (χ0n) is 21.3. The van der Waals surface area contributed by atoms with E-state index in [4.69, 9.17) is 0 Å². The second-order valence-corrected chi connectivity index (χ2v) is 12.0. The maximum Gasteiger partial charge on any atom is 0.251 e. The van der Waals surface area contributed by atoms with Crippen molar-refractivity contribution in [3.63, 3.8) is 0 Å². The molecule has 1 heterocycles. The normalized spacial score (nSPS) is 20.9. The predicted molar refractivity (Wildman–Crippen MR) is 140 cm³/mol. The van der Waals surface area contributed by atoms with E-state index in [9.17, 15) is 22.4 Å². The van der Waals surface area contributed by atoms with Crippen LogP contribution < -0.4 is 10.6 Å². The van der Waals surface area contributed by atoms with Gasteiger partial charge in [0.1, 0.15) is 11.9 Å². The Labute approximate surface area is 218 Å². The summed E-state index contributed by atoms with van der Waals surface area (Å²) in [6.45, 7) is 3.79. The maximum absolute atomic E-state index is 13.3. The van der Waals surface area contributed by atoms with Crippen LogP contribution in [0.25, 0.3) is 0 Å². The summed E-state index contributed by atoms with van der Waals surface area (Å²) in [7, 11) is -3.31. The van der Waals surface area contributed by atoms with Crippen LogP contribution in [0.1, 0.15) is 46.7 Å². The van der Waals surface area contributed by atoms with Gasteiger partial charge in [-0.3, -0.25) is 9.59 Å². The van der Waals surface area contributed by atoms with E-state index in [1.165, 1.54) is 39.7 Å². The summed E-state index contributed by atoms with van der Waals surface area (Å²) in [6, 6.07) is 13.4. The molecule has 2 amide bonds. The van der Waals surface area contributed by atoms with Gasteiger partial charge in [-0.15, -0.1) is 0 Å². The van der Waals surface area contributed by atoms with E-state index in [-0.39, 0.29) is 37.6 Å². The molecule has 0 spiro atoms. The molecule has 10 heteroatoms. The lowest BCUT2D eigenvalue weighted by molar-refractivity contribution is -0.134. The Balaban J connectivity index is 1.32. The van der Waals surface area contributed by atoms with Gasteiger partial charge in [0.15, 0.2) is 0 Å². The first-order chi connectivity index (χ1) is 17.6. The van der Waals surface area contributed by atoms with Gasteiger partial charge < -0.3 is 15.5 Å². The first-order valence-electron chi connectivity index (χ1n) is 12.7. The van der Waals surface area contributed by atoms with Crippen LogP contribution in [0.4, 0.5) is 4.39 Å². The van der Waals surface area contributed by atoms with Gasteiger partial charge in [0.05, 0.1) is 6.26 Å². The Morgan fingerprint density at radius 1 is 1.03 bits per heavy atom. The number of carbonyl (C=O) groups is 2. The minimum absolute atomic E-state index is 0.229. The van der Waals surface area contributed by atoms with Crippen LogP contribution >= 0.6 is 0 Å². The molecule has 1 unspecified atom stereocenters. The van der Waals surface area contributed by atoms with E-state index in [1.807, 2.05) is 0 Å². The van der Waals surface area contributed by atoms with Crippen molar-refractivity contribution in [3.8, 4) is 0 Å². The molecule has 4 rings (SSSR count). The molecule has 2 aromatic rings. The molecule has 2 N–H and O–H groups in total. The Morgan fingerprint density at radius 2 is 1.68 bits per heavy atom. The SMILES string of the molecule is Cc1ccc([C@@H]2CC2NCCC[C@H](NC(=O)c2ccc(F)cc2)C(=O)N2CCN(S(C)(=O)=O)CC2)cc1. The minimum atomic E-state index is -3.31. The molecule has 37 heavy (non-hydrogen) atoms. The number of sulfonamides is 1. The van der Waals surface area contributed by atoms with E-state index in [0.29, 0.717) is 31.3 Å². The number of aryl methyl sites for hydroxylation is 1. The van der Waals surface area contributed by atoms with Crippen LogP contribution in [0.5, 0.6) is 0 Å². The fraction of sp³-hybridized carbons (Fsp3) is 0.481. The van der Waals surface area contributed by atoms with E-state index < -0.39 is 27.8 Å². The lowest BCUT2D eigenvalue weighted by atomic mass is 10.1. The quantitative estimate of drug-likeness (QED) is 0.459. The number of amides is 2. The van der Waals surface area contributed by atoms with Crippen molar-refractivity contribution in [2.75, 3.05) is 39.0 Å². The number of nitrogens with one attached hydrogen (secondary N) is 2. The van der Waals surface area contributed by atoms with Crippen LogP contribution in [0, 0.1) is 12.7 Å². The lowest BCUT2D eigenvalue weighted by Gasteiger charge is -2.35. The maximum atomic E-state index is 13.3. The van der Waals surface area contributed by atoms with Crippen LogP contribution in [0.2, 0.25) is 0 Å². The zero-order valence-corrected chi connectivity index (χ0v) is 22.1. The fourth-order valence-corrected chi connectivity index (χ4v) is 5.58. The molecule has 1 aliphatic heterocycles. The average Bonchev–Trinajstić information content (AvgIpc) is 3.65. The molecule has 2 aromatic carbocycles. The second-order valence-electron chi connectivity index (χ2n) is 9.98. The van der Waals surface area contributed by atoms with Gasteiger partial charge in [0.25, 0.3) is 5.91 Å². The van der Waals surface area contributed by atoms with Gasteiger partial charge in [0.2, 0.25) is 15.9 Å². The summed E-state index contributed by atoms with van der Waals surface area (Å²) in [5.74, 6) is -0.611. The van der Waals surface area contributed by atoms with Crippen molar-refractivity contribution in [2.24, 2.45) is 0 Å². The highest BCUT2D eigenvalue weighted by Gasteiger charge is 2.37. The molecular weight excluding hydrogens is 495 g/mol. The number of halogens is 1. The topological polar surface area (TPSA) is 98.8 Å². The predicted octanol–water partition coefficient (Wildman–Crippen LogP) is 2.26. The fourth-order valence-electron chi connectivity index (χ4n) is 4.76. The van der Waals surface area contributed by atoms with Crippen LogP contribution in [-0.4, -0.2) is 80.5 Å². The summed E-state index contributed by atoms with van der Waals surface area (Å²) in [5.41, 5.74) is 2.85. The molecule has 0 radical (unpaired) electrons. The van der Waals surface area contributed by atoms with Gasteiger partial charge in [-0.2, -0.15) is 4.31 Å². The van der Waals surface area contributed by atoms with Crippen molar-refractivity contribution in [1.82, 2.24) is 19.8 Å². The summed E-state index contributed by atoms with van der Waals surface area (Å²) < 4.78 is 38.3. The monoisotopic (exact) mass is 530 g/mol. The molecule has 1 saturated carbocycles. The largest absolute Gasteiger partial charge is 0.340 e. The zero-order chi connectivity index (χ0) is 26.6. The number of rotatable bonds is 10. The number of piperazine rings is 1. The van der Waals surface area contributed by atoms with Crippen LogP contribution in [-0.2, 0) is 14.8 Å². The van der Waals surface area contributed by atoms with E-state index in [0.717, 1.165) is 12.7 Å².